The fourth-order valence-corrected chi connectivity index (χ4v) is 2.64. The van der Waals surface area contributed by atoms with Crippen molar-refractivity contribution in [3.63, 3.8) is 0 Å². The van der Waals surface area contributed by atoms with Gasteiger partial charge in [0.05, 0.1) is 17.8 Å². The Balaban J connectivity index is 1.83. The largest absolute Gasteiger partial charge is 0.389 e. The van der Waals surface area contributed by atoms with E-state index in [4.69, 9.17) is 0 Å². The Labute approximate surface area is 109 Å². The Hall–Kier alpha value is -0.940. The van der Waals surface area contributed by atoms with Crippen molar-refractivity contribution in [2.75, 3.05) is 19.6 Å². The molecular weight excluding hydrogens is 228 g/mol. The number of piperidine rings is 1. The first-order chi connectivity index (χ1) is 8.67. The summed E-state index contributed by atoms with van der Waals surface area (Å²) in [5.41, 5.74) is -0.514. The van der Waals surface area contributed by atoms with Crippen molar-refractivity contribution >= 4 is 0 Å². The molecule has 0 saturated carbocycles. The molecule has 5 nitrogen and oxygen atoms in total. The summed E-state index contributed by atoms with van der Waals surface area (Å²) in [6, 6.07) is 0.472. The van der Waals surface area contributed by atoms with Crippen LogP contribution in [0.5, 0.6) is 0 Å². The Morgan fingerprint density at radius 3 is 2.44 bits per heavy atom. The highest BCUT2D eigenvalue weighted by atomic mass is 16.3. The van der Waals surface area contributed by atoms with Crippen LogP contribution in [0.1, 0.15) is 45.6 Å². The SMILES string of the molecule is CCC(O)(CC)CN1CCC(n2ccnn2)CC1. The van der Waals surface area contributed by atoms with Crippen LogP contribution < -0.4 is 0 Å². The van der Waals surface area contributed by atoms with E-state index in [2.05, 4.69) is 29.1 Å². The minimum atomic E-state index is -0.514. The Bertz CT molecular complexity index is 340. The van der Waals surface area contributed by atoms with Gasteiger partial charge in [0, 0.05) is 25.8 Å². The fraction of sp³-hybridized carbons (Fsp3) is 0.846. The van der Waals surface area contributed by atoms with E-state index in [0.717, 1.165) is 45.3 Å². The number of nitrogens with zero attached hydrogens (tertiary/aromatic N) is 4. The van der Waals surface area contributed by atoms with E-state index in [-0.39, 0.29) is 0 Å². The van der Waals surface area contributed by atoms with Gasteiger partial charge in [-0.15, -0.1) is 5.10 Å². The van der Waals surface area contributed by atoms with Gasteiger partial charge in [-0.3, -0.25) is 0 Å². The van der Waals surface area contributed by atoms with Crippen molar-refractivity contribution in [2.24, 2.45) is 0 Å². The van der Waals surface area contributed by atoms with Gasteiger partial charge in [0.2, 0.25) is 0 Å². The maximum atomic E-state index is 10.4. The summed E-state index contributed by atoms with van der Waals surface area (Å²) >= 11 is 0. The highest BCUT2D eigenvalue weighted by Gasteiger charge is 2.28. The molecule has 18 heavy (non-hydrogen) atoms. The molecule has 102 valence electrons. The van der Waals surface area contributed by atoms with Crippen molar-refractivity contribution in [1.82, 2.24) is 19.9 Å². The number of likely N-dealkylation sites (tertiary alicyclic amines) is 1. The molecule has 1 saturated heterocycles. The van der Waals surface area contributed by atoms with E-state index < -0.39 is 5.60 Å². The lowest BCUT2D eigenvalue weighted by Crippen LogP contribution is -2.45. The van der Waals surface area contributed by atoms with Crippen LogP contribution in [0.15, 0.2) is 12.4 Å². The Morgan fingerprint density at radius 2 is 1.94 bits per heavy atom. The summed E-state index contributed by atoms with van der Waals surface area (Å²) in [6.45, 7) is 6.99. The zero-order chi connectivity index (χ0) is 13.0. The van der Waals surface area contributed by atoms with Crippen LogP contribution in [-0.2, 0) is 0 Å². The van der Waals surface area contributed by atoms with Gasteiger partial charge in [0.1, 0.15) is 0 Å². The minimum Gasteiger partial charge on any atom is -0.389 e. The summed E-state index contributed by atoms with van der Waals surface area (Å²) < 4.78 is 1.96. The van der Waals surface area contributed by atoms with Gasteiger partial charge in [-0.25, -0.2) is 4.68 Å². The second-order valence-electron chi connectivity index (χ2n) is 5.32. The van der Waals surface area contributed by atoms with Crippen molar-refractivity contribution in [3.05, 3.63) is 12.4 Å². The van der Waals surface area contributed by atoms with Gasteiger partial charge in [-0.1, -0.05) is 19.1 Å². The first kappa shape index (κ1) is 13.5. The summed E-state index contributed by atoms with van der Waals surface area (Å²) in [6.07, 6.45) is 7.51. The predicted octanol–water partition coefficient (Wildman–Crippen LogP) is 1.47. The summed E-state index contributed by atoms with van der Waals surface area (Å²) in [5.74, 6) is 0. The van der Waals surface area contributed by atoms with Gasteiger partial charge in [-0.05, 0) is 25.7 Å². The number of aromatic nitrogens is 3. The molecule has 0 aromatic carbocycles. The highest BCUT2D eigenvalue weighted by molar-refractivity contribution is 4.84. The molecule has 0 radical (unpaired) electrons. The monoisotopic (exact) mass is 252 g/mol. The maximum Gasteiger partial charge on any atom is 0.0768 e. The van der Waals surface area contributed by atoms with Crippen molar-refractivity contribution in [2.45, 2.75) is 51.2 Å². The molecule has 1 aliphatic rings. The zero-order valence-electron chi connectivity index (χ0n) is 11.4. The van der Waals surface area contributed by atoms with E-state index in [1.165, 1.54) is 0 Å². The summed E-state index contributed by atoms with van der Waals surface area (Å²) in [4.78, 5) is 2.38. The van der Waals surface area contributed by atoms with Crippen LogP contribution in [0.4, 0.5) is 0 Å². The van der Waals surface area contributed by atoms with Crippen LogP contribution >= 0.6 is 0 Å². The van der Waals surface area contributed by atoms with E-state index in [1.54, 1.807) is 6.20 Å². The van der Waals surface area contributed by atoms with Crippen LogP contribution in [0.3, 0.4) is 0 Å². The molecule has 2 heterocycles. The lowest BCUT2D eigenvalue weighted by atomic mass is 9.95. The minimum absolute atomic E-state index is 0.472. The van der Waals surface area contributed by atoms with Gasteiger partial charge >= 0.3 is 0 Å². The average molecular weight is 252 g/mol. The average Bonchev–Trinajstić information content (AvgIpc) is 2.93. The van der Waals surface area contributed by atoms with Crippen molar-refractivity contribution < 1.29 is 5.11 Å². The third kappa shape index (κ3) is 3.09. The first-order valence-corrected chi connectivity index (χ1v) is 6.97. The lowest BCUT2D eigenvalue weighted by molar-refractivity contribution is -0.0114. The zero-order valence-corrected chi connectivity index (χ0v) is 11.4. The topological polar surface area (TPSA) is 54.2 Å². The predicted molar refractivity (Wildman–Crippen MR) is 70.3 cm³/mol. The summed E-state index contributed by atoms with van der Waals surface area (Å²) in [7, 11) is 0. The molecule has 0 amide bonds. The number of hydrogen-bond acceptors (Lipinski definition) is 4. The van der Waals surface area contributed by atoms with Gasteiger partial charge in [0.15, 0.2) is 0 Å². The summed E-state index contributed by atoms with van der Waals surface area (Å²) in [5, 5.41) is 18.3. The van der Waals surface area contributed by atoms with Crippen LogP contribution in [0.2, 0.25) is 0 Å². The molecule has 0 bridgehead atoms. The van der Waals surface area contributed by atoms with E-state index in [0.29, 0.717) is 6.04 Å². The van der Waals surface area contributed by atoms with E-state index in [1.807, 2.05) is 10.9 Å². The molecule has 0 atom stereocenters. The first-order valence-electron chi connectivity index (χ1n) is 6.97. The maximum absolute atomic E-state index is 10.4. The molecule has 0 unspecified atom stereocenters. The normalized spacial score (nSPS) is 19.3. The number of hydrogen-bond donors (Lipinski definition) is 1. The molecule has 1 fully saturated rings. The standard InChI is InChI=1S/C13H24N4O/c1-3-13(18,4-2)11-16-8-5-12(6-9-16)17-10-7-14-15-17/h7,10,12,18H,3-6,8-9,11H2,1-2H3. The molecule has 5 heteroatoms. The van der Waals surface area contributed by atoms with Crippen LogP contribution in [-0.4, -0.2) is 50.2 Å². The van der Waals surface area contributed by atoms with Crippen molar-refractivity contribution in [3.8, 4) is 0 Å². The second-order valence-corrected chi connectivity index (χ2v) is 5.32. The molecule has 2 rings (SSSR count). The fourth-order valence-electron chi connectivity index (χ4n) is 2.64. The van der Waals surface area contributed by atoms with Crippen LogP contribution in [0.25, 0.3) is 0 Å². The molecule has 1 aromatic rings. The molecule has 0 spiro atoms. The molecule has 1 aliphatic heterocycles. The number of β-amino-alcohol motifs (C(OH)–C–C–N with tert-alkyl or cyclic N) is 1. The van der Waals surface area contributed by atoms with E-state index in [9.17, 15) is 5.11 Å². The number of aliphatic hydroxyl groups is 1. The smallest absolute Gasteiger partial charge is 0.0768 e. The van der Waals surface area contributed by atoms with Gasteiger partial charge in [-0.2, -0.15) is 0 Å². The number of rotatable bonds is 5. The van der Waals surface area contributed by atoms with E-state index >= 15 is 0 Å². The molecule has 1 aromatic heterocycles. The van der Waals surface area contributed by atoms with Crippen LogP contribution in [0, 0.1) is 0 Å². The third-order valence-electron chi connectivity index (χ3n) is 4.21. The highest BCUT2D eigenvalue weighted by Crippen LogP contribution is 2.24. The lowest BCUT2D eigenvalue weighted by Gasteiger charge is -2.37. The van der Waals surface area contributed by atoms with Gasteiger partial charge < -0.3 is 10.0 Å². The van der Waals surface area contributed by atoms with Gasteiger partial charge in [0.25, 0.3) is 0 Å². The molecule has 0 aliphatic carbocycles. The molecular formula is C13H24N4O. The quantitative estimate of drug-likeness (QED) is 0.862. The Kier molecular flexibility index (Phi) is 4.35. The molecule has 1 N–H and O–H groups in total. The third-order valence-corrected chi connectivity index (χ3v) is 4.21. The van der Waals surface area contributed by atoms with Crippen molar-refractivity contribution in [1.29, 1.82) is 0 Å². The Morgan fingerprint density at radius 1 is 1.28 bits per heavy atom. The second kappa shape index (κ2) is 5.80.